The van der Waals surface area contributed by atoms with Crippen molar-refractivity contribution in [2.45, 2.75) is 30.5 Å². The molecule has 5 atom stereocenters. The number of cyclic esters (lactones) is 1. The molecule has 82 valence electrons. The Labute approximate surface area is 79.2 Å². The van der Waals surface area contributed by atoms with Gasteiger partial charge >= 0.3 is 5.97 Å². The van der Waals surface area contributed by atoms with Gasteiger partial charge in [0.15, 0.2) is 12.2 Å². The molecule has 7 heteroatoms. The third-order valence-corrected chi connectivity index (χ3v) is 2.07. The first-order chi connectivity index (χ1) is 6.49. The van der Waals surface area contributed by atoms with E-state index < -0.39 is 43.1 Å². The number of hydrogen-bond acceptors (Lipinski definition) is 7. The van der Waals surface area contributed by atoms with Gasteiger partial charge in [0, 0.05) is 0 Å². The van der Waals surface area contributed by atoms with Gasteiger partial charge in [-0.2, -0.15) is 0 Å². The summed E-state index contributed by atoms with van der Waals surface area (Å²) in [5, 5.41) is 44.9. The highest BCUT2D eigenvalue weighted by Gasteiger charge is 2.47. The van der Waals surface area contributed by atoms with E-state index in [1.165, 1.54) is 0 Å². The zero-order chi connectivity index (χ0) is 10.9. The Morgan fingerprint density at radius 1 is 1.36 bits per heavy atom. The lowest BCUT2D eigenvalue weighted by atomic mass is 10.0. The average Bonchev–Trinajstić information content (AvgIpc) is 2.43. The quantitative estimate of drug-likeness (QED) is 0.302. The Kier molecular flexibility index (Phi) is 3.40. The van der Waals surface area contributed by atoms with E-state index in [0.717, 1.165) is 0 Å². The van der Waals surface area contributed by atoms with Crippen LogP contribution >= 0.6 is 0 Å². The molecule has 0 spiro atoms. The van der Waals surface area contributed by atoms with Gasteiger partial charge in [0.2, 0.25) is 0 Å². The zero-order valence-corrected chi connectivity index (χ0v) is 7.15. The van der Waals surface area contributed by atoms with Crippen molar-refractivity contribution >= 4 is 5.97 Å². The molecule has 1 saturated heterocycles. The topological polar surface area (TPSA) is 127 Å². The van der Waals surface area contributed by atoms with Gasteiger partial charge in [-0.1, -0.05) is 0 Å². The van der Waals surface area contributed by atoms with Crippen LogP contribution in [0.2, 0.25) is 0 Å². The van der Waals surface area contributed by atoms with Crippen LogP contribution in [-0.2, 0) is 9.53 Å². The molecule has 0 aromatic carbocycles. The van der Waals surface area contributed by atoms with Crippen LogP contribution in [-0.4, -0.2) is 68.6 Å². The highest BCUT2D eigenvalue weighted by Crippen LogP contribution is 2.20. The van der Waals surface area contributed by atoms with Crippen molar-refractivity contribution in [3.05, 3.63) is 0 Å². The number of esters is 1. The molecule has 0 radical (unpaired) electrons. The highest BCUT2D eigenvalue weighted by atomic mass is 16.6. The third-order valence-electron chi connectivity index (χ3n) is 2.07. The number of aliphatic hydroxyl groups is 5. The van der Waals surface area contributed by atoms with Gasteiger partial charge in [0.1, 0.15) is 18.3 Å². The summed E-state index contributed by atoms with van der Waals surface area (Å²) in [7, 11) is 0. The molecule has 0 bridgehead atoms. The fourth-order valence-corrected chi connectivity index (χ4v) is 1.19. The first-order valence-electron chi connectivity index (χ1n) is 4.02. The zero-order valence-electron chi connectivity index (χ0n) is 7.15. The van der Waals surface area contributed by atoms with Gasteiger partial charge in [-0.25, -0.2) is 4.79 Å². The maximum atomic E-state index is 10.7. The van der Waals surface area contributed by atoms with Crippen LogP contribution in [0.3, 0.4) is 0 Å². The Hall–Kier alpha value is -0.730. The van der Waals surface area contributed by atoms with Gasteiger partial charge in [-0.3, -0.25) is 0 Å². The number of ether oxygens (including phenoxy) is 1. The molecule has 0 amide bonds. The first kappa shape index (κ1) is 11.3. The van der Waals surface area contributed by atoms with Crippen molar-refractivity contribution in [1.82, 2.24) is 0 Å². The molecule has 1 heterocycles. The van der Waals surface area contributed by atoms with Crippen molar-refractivity contribution in [2.24, 2.45) is 0 Å². The van der Waals surface area contributed by atoms with Gasteiger partial charge in [-0.05, 0) is 0 Å². The minimum Gasteiger partial charge on any atom is -0.455 e. The summed E-state index contributed by atoms with van der Waals surface area (Å²) in [5.41, 5.74) is 0. The molecule has 0 aliphatic carbocycles. The van der Waals surface area contributed by atoms with E-state index in [4.69, 9.17) is 15.3 Å². The number of hydrogen-bond donors (Lipinski definition) is 5. The molecule has 1 fully saturated rings. The Morgan fingerprint density at radius 2 is 1.93 bits per heavy atom. The molecule has 0 aromatic heterocycles. The lowest BCUT2D eigenvalue weighted by molar-refractivity contribution is -0.155. The number of aliphatic hydroxyl groups excluding tert-OH is 5. The number of carbonyl (C=O) groups is 1. The summed E-state index contributed by atoms with van der Waals surface area (Å²) in [6.07, 6.45) is -7.90. The summed E-state index contributed by atoms with van der Waals surface area (Å²) in [6, 6.07) is 0. The van der Waals surface area contributed by atoms with E-state index in [1.807, 2.05) is 0 Å². The highest BCUT2D eigenvalue weighted by molar-refractivity contribution is 5.77. The van der Waals surface area contributed by atoms with Crippen molar-refractivity contribution in [2.75, 3.05) is 6.61 Å². The van der Waals surface area contributed by atoms with Crippen molar-refractivity contribution in [3.63, 3.8) is 0 Å². The maximum Gasteiger partial charge on any atom is 0.338 e. The first-order valence-corrected chi connectivity index (χ1v) is 4.02. The second-order valence-corrected chi connectivity index (χ2v) is 3.08. The van der Waals surface area contributed by atoms with E-state index in [9.17, 15) is 15.0 Å². The Bertz CT molecular complexity index is 218. The van der Waals surface area contributed by atoms with Crippen LogP contribution in [0, 0.1) is 0 Å². The largest absolute Gasteiger partial charge is 0.455 e. The molecule has 7 nitrogen and oxygen atoms in total. The molecule has 1 aliphatic heterocycles. The molecule has 0 saturated carbocycles. The predicted octanol–water partition coefficient (Wildman–Crippen LogP) is -3.65. The molecular weight excluding hydrogens is 196 g/mol. The maximum absolute atomic E-state index is 10.7. The fraction of sp³-hybridized carbons (Fsp3) is 0.857. The second kappa shape index (κ2) is 4.20. The smallest absolute Gasteiger partial charge is 0.338 e. The van der Waals surface area contributed by atoms with Gasteiger partial charge in [0.05, 0.1) is 6.61 Å². The molecule has 1 aliphatic rings. The molecule has 14 heavy (non-hydrogen) atoms. The van der Waals surface area contributed by atoms with E-state index in [2.05, 4.69) is 4.74 Å². The summed E-state index contributed by atoms with van der Waals surface area (Å²) in [5.74, 6) is -1.06. The van der Waals surface area contributed by atoms with E-state index >= 15 is 0 Å². The van der Waals surface area contributed by atoms with Crippen LogP contribution in [0.5, 0.6) is 0 Å². The van der Waals surface area contributed by atoms with Crippen LogP contribution in [0.1, 0.15) is 0 Å². The monoisotopic (exact) mass is 208 g/mol. The summed E-state index contributed by atoms with van der Waals surface area (Å²) >= 11 is 0. The standard InChI is InChI=1S/C7H12O7/c8-1-2(9)3(10)6-4(11)5(12)7(13)14-6/h2-6,8-12H,1H2/t2-,3-,4?,5+,6+/m1/s1. The SMILES string of the molecule is O=C1O[C@@H]([C@H](O)[C@H](O)CO)C(O)[C@@H]1O. The van der Waals surface area contributed by atoms with Crippen LogP contribution < -0.4 is 0 Å². The number of carbonyl (C=O) groups excluding carboxylic acids is 1. The molecule has 0 aromatic rings. The van der Waals surface area contributed by atoms with Crippen molar-refractivity contribution < 1.29 is 35.1 Å². The molecule has 1 unspecified atom stereocenters. The minimum absolute atomic E-state index is 0.738. The van der Waals surface area contributed by atoms with Crippen LogP contribution in [0.25, 0.3) is 0 Å². The minimum atomic E-state index is -1.72. The second-order valence-electron chi connectivity index (χ2n) is 3.08. The molecule has 1 rings (SSSR count). The van der Waals surface area contributed by atoms with Crippen molar-refractivity contribution in [1.29, 1.82) is 0 Å². The Balaban J connectivity index is 2.66. The van der Waals surface area contributed by atoms with Crippen molar-refractivity contribution in [3.8, 4) is 0 Å². The predicted molar refractivity (Wildman–Crippen MR) is 41.0 cm³/mol. The lowest BCUT2D eigenvalue weighted by Crippen LogP contribution is -2.46. The fourth-order valence-electron chi connectivity index (χ4n) is 1.19. The Morgan fingerprint density at radius 3 is 2.29 bits per heavy atom. The number of rotatable bonds is 3. The van der Waals surface area contributed by atoms with Crippen LogP contribution in [0.4, 0.5) is 0 Å². The molecular formula is C7H12O7. The summed E-state index contributed by atoms with van der Waals surface area (Å²) in [6.45, 7) is -0.738. The normalized spacial score (nSPS) is 36.6. The summed E-state index contributed by atoms with van der Waals surface area (Å²) < 4.78 is 4.41. The molecule has 5 N–H and O–H groups in total. The lowest BCUT2D eigenvalue weighted by Gasteiger charge is -2.23. The van der Waals surface area contributed by atoms with Crippen LogP contribution in [0.15, 0.2) is 0 Å². The van der Waals surface area contributed by atoms with E-state index in [0.29, 0.717) is 0 Å². The van der Waals surface area contributed by atoms with Gasteiger partial charge < -0.3 is 30.3 Å². The van der Waals surface area contributed by atoms with Gasteiger partial charge in [-0.15, -0.1) is 0 Å². The average molecular weight is 208 g/mol. The van der Waals surface area contributed by atoms with E-state index in [-0.39, 0.29) is 0 Å². The van der Waals surface area contributed by atoms with E-state index in [1.54, 1.807) is 0 Å². The summed E-state index contributed by atoms with van der Waals surface area (Å²) in [4.78, 5) is 10.7. The van der Waals surface area contributed by atoms with Gasteiger partial charge in [0.25, 0.3) is 0 Å². The third kappa shape index (κ3) is 1.86.